The van der Waals surface area contributed by atoms with Crippen LogP contribution in [0.5, 0.6) is 5.75 Å². The molecule has 0 spiro atoms. The lowest BCUT2D eigenvalue weighted by Gasteiger charge is -2.22. The number of carbonyl (C=O) groups excluding carboxylic acids is 2. The van der Waals surface area contributed by atoms with Gasteiger partial charge in [0.2, 0.25) is 5.91 Å². The molecule has 2 N–H and O–H groups in total. The van der Waals surface area contributed by atoms with E-state index in [4.69, 9.17) is 0 Å². The van der Waals surface area contributed by atoms with E-state index in [2.05, 4.69) is 5.32 Å². The average Bonchev–Trinajstić information content (AvgIpc) is 2.49. The fraction of sp³-hybridized carbons (Fsp3) is 0.263. The van der Waals surface area contributed by atoms with E-state index >= 15 is 0 Å². The van der Waals surface area contributed by atoms with Gasteiger partial charge in [0.15, 0.2) is 0 Å². The number of benzene rings is 2. The molecule has 4 nitrogen and oxygen atoms in total. The summed E-state index contributed by atoms with van der Waals surface area (Å²) in [5.41, 5.74) is 1.84. The van der Waals surface area contributed by atoms with Crippen LogP contribution in [0.2, 0.25) is 0 Å². The molecule has 2 aromatic rings. The normalized spacial score (nSPS) is 11.1. The third kappa shape index (κ3) is 4.19. The summed E-state index contributed by atoms with van der Waals surface area (Å²) in [5.74, 6) is -0.237. The van der Waals surface area contributed by atoms with E-state index in [1.807, 2.05) is 51.1 Å². The molecule has 2 rings (SSSR count). The summed E-state index contributed by atoms with van der Waals surface area (Å²) in [4.78, 5) is 23.3. The molecule has 0 saturated heterocycles. The maximum atomic E-state index is 12.2. The maximum absolute atomic E-state index is 12.2. The molecular formula is C19H21NO3. The minimum Gasteiger partial charge on any atom is -0.505 e. The molecule has 23 heavy (non-hydrogen) atoms. The summed E-state index contributed by atoms with van der Waals surface area (Å²) in [6, 6.07) is 12.5. The number of carbonyl (C=O) groups is 2. The second kappa shape index (κ2) is 6.65. The number of phenols is 1. The highest BCUT2D eigenvalue weighted by Crippen LogP contribution is 2.37. The van der Waals surface area contributed by atoms with Crippen LogP contribution in [0.15, 0.2) is 42.5 Å². The molecule has 2 aromatic carbocycles. The van der Waals surface area contributed by atoms with Crippen LogP contribution < -0.4 is 5.32 Å². The molecule has 4 heteroatoms. The Labute approximate surface area is 136 Å². The molecule has 0 unspecified atom stereocenters. The third-order valence-electron chi connectivity index (χ3n) is 3.56. The van der Waals surface area contributed by atoms with Gasteiger partial charge in [-0.05, 0) is 23.1 Å². The Morgan fingerprint density at radius 2 is 1.83 bits per heavy atom. The van der Waals surface area contributed by atoms with E-state index < -0.39 is 0 Å². The molecule has 1 amide bonds. The van der Waals surface area contributed by atoms with Crippen LogP contribution in [0.3, 0.4) is 0 Å². The number of phenolic OH excluding ortho intramolecular Hbond substituents is 1. The summed E-state index contributed by atoms with van der Waals surface area (Å²) in [7, 11) is 0. The fourth-order valence-corrected chi connectivity index (χ4v) is 2.37. The van der Waals surface area contributed by atoms with Crippen LogP contribution >= 0.6 is 0 Å². The zero-order chi connectivity index (χ0) is 17.0. The van der Waals surface area contributed by atoms with Gasteiger partial charge < -0.3 is 10.4 Å². The first-order valence-corrected chi connectivity index (χ1v) is 7.47. The van der Waals surface area contributed by atoms with Crippen LogP contribution in [-0.4, -0.2) is 17.3 Å². The van der Waals surface area contributed by atoms with Crippen molar-refractivity contribution in [2.24, 2.45) is 0 Å². The topological polar surface area (TPSA) is 66.4 Å². The van der Waals surface area contributed by atoms with E-state index in [1.54, 1.807) is 6.07 Å². The largest absolute Gasteiger partial charge is 0.505 e. The van der Waals surface area contributed by atoms with Gasteiger partial charge in [0.1, 0.15) is 12.0 Å². The first-order chi connectivity index (χ1) is 10.8. The zero-order valence-corrected chi connectivity index (χ0v) is 13.6. The molecular weight excluding hydrogens is 290 g/mol. The predicted molar refractivity (Wildman–Crippen MR) is 91.0 cm³/mol. The van der Waals surface area contributed by atoms with Crippen molar-refractivity contribution >= 4 is 17.9 Å². The van der Waals surface area contributed by atoms with Crippen LogP contribution in [-0.2, 0) is 16.6 Å². The Kier molecular flexibility index (Phi) is 4.84. The van der Waals surface area contributed by atoms with Crippen molar-refractivity contribution < 1.29 is 14.7 Å². The predicted octanol–water partition coefficient (Wildman–Crippen LogP) is 3.68. The van der Waals surface area contributed by atoms with Crippen molar-refractivity contribution in [3.63, 3.8) is 0 Å². The number of aldehydes is 1. The lowest BCUT2D eigenvalue weighted by Crippen LogP contribution is -2.17. The Bertz CT molecular complexity index is 715. The maximum Gasteiger partial charge on any atom is 0.228 e. The van der Waals surface area contributed by atoms with E-state index in [9.17, 15) is 14.7 Å². The summed E-state index contributed by atoms with van der Waals surface area (Å²) >= 11 is 0. The molecule has 0 fully saturated rings. The first-order valence-electron chi connectivity index (χ1n) is 7.47. The van der Waals surface area contributed by atoms with E-state index in [0.717, 1.165) is 5.56 Å². The van der Waals surface area contributed by atoms with Crippen molar-refractivity contribution in [2.45, 2.75) is 32.6 Å². The molecule has 0 aromatic heterocycles. The molecule has 0 heterocycles. The number of aromatic hydroxyl groups is 1. The number of hydrogen-bond acceptors (Lipinski definition) is 3. The van der Waals surface area contributed by atoms with Gasteiger partial charge in [0.05, 0.1) is 12.1 Å². The van der Waals surface area contributed by atoms with Crippen LogP contribution in [0.4, 0.5) is 5.69 Å². The molecule has 120 valence electrons. The second-order valence-electron chi connectivity index (χ2n) is 6.54. The monoisotopic (exact) mass is 311 g/mol. The third-order valence-corrected chi connectivity index (χ3v) is 3.56. The molecule has 0 aliphatic carbocycles. The van der Waals surface area contributed by atoms with Crippen molar-refractivity contribution in [1.29, 1.82) is 0 Å². The first kappa shape index (κ1) is 16.7. The van der Waals surface area contributed by atoms with Gasteiger partial charge in [-0.1, -0.05) is 51.1 Å². The van der Waals surface area contributed by atoms with E-state index in [-0.39, 0.29) is 29.2 Å². The van der Waals surface area contributed by atoms with E-state index in [0.29, 0.717) is 17.4 Å². The Morgan fingerprint density at radius 3 is 2.39 bits per heavy atom. The van der Waals surface area contributed by atoms with Crippen LogP contribution in [0.1, 0.15) is 42.3 Å². The minimum absolute atomic E-state index is 0.00418. The van der Waals surface area contributed by atoms with Gasteiger partial charge in [-0.25, -0.2) is 0 Å². The number of anilines is 1. The smallest absolute Gasteiger partial charge is 0.228 e. The van der Waals surface area contributed by atoms with Crippen molar-refractivity contribution in [1.82, 2.24) is 0 Å². The second-order valence-corrected chi connectivity index (χ2v) is 6.54. The van der Waals surface area contributed by atoms with Gasteiger partial charge in [-0.15, -0.1) is 0 Å². The summed E-state index contributed by atoms with van der Waals surface area (Å²) in [5, 5.41) is 13.1. The van der Waals surface area contributed by atoms with Gasteiger partial charge in [0.25, 0.3) is 0 Å². The molecule has 0 aliphatic heterocycles. The molecule has 0 saturated carbocycles. The van der Waals surface area contributed by atoms with Gasteiger partial charge in [0, 0.05) is 11.1 Å². The highest BCUT2D eigenvalue weighted by Gasteiger charge is 2.22. The zero-order valence-electron chi connectivity index (χ0n) is 13.6. The van der Waals surface area contributed by atoms with Crippen LogP contribution in [0, 0.1) is 0 Å². The lowest BCUT2D eigenvalue weighted by molar-refractivity contribution is -0.115. The molecule has 0 bridgehead atoms. The van der Waals surface area contributed by atoms with E-state index in [1.165, 1.54) is 6.07 Å². The van der Waals surface area contributed by atoms with Gasteiger partial charge in [-0.2, -0.15) is 0 Å². The number of amides is 1. The van der Waals surface area contributed by atoms with Gasteiger partial charge >= 0.3 is 0 Å². The summed E-state index contributed by atoms with van der Waals surface area (Å²) in [6.45, 7) is 5.81. The summed E-state index contributed by atoms with van der Waals surface area (Å²) in [6.07, 6.45) is 0.915. The van der Waals surface area contributed by atoms with Gasteiger partial charge in [-0.3, -0.25) is 9.59 Å². The lowest BCUT2D eigenvalue weighted by atomic mass is 9.85. The quantitative estimate of drug-likeness (QED) is 0.668. The fourth-order valence-electron chi connectivity index (χ4n) is 2.37. The van der Waals surface area contributed by atoms with Crippen molar-refractivity contribution in [3.05, 3.63) is 59.2 Å². The number of hydrogen-bond donors (Lipinski definition) is 2. The van der Waals surface area contributed by atoms with Crippen molar-refractivity contribution in [2.75, 3.05) is 5.32 Å². The Morgan fingerprint density at radius 1 is 1.17 bits per heavy atom. The highest BCUT2D eigenvalue weighted by atomic mass is 16.3. The number of rotatable bonds is 4. The minimum atomic E-state index is -0.345. The molecule has 0 aliphatic rings. The standard InChI is InChI=1S/C19H21NO3/c1-19(2,3)15-9-14(12-21)10-16(18(15)23)20-17(22)11-13-7-5-4-6-8-13/h4-10,12,23H,11H2,1-3H3,(H,20,22). The SMILES string of the molecule is CC(C)(C)c1cc(C=O)cc(NC(=O)Cc2ccccc2)c1O. The molecule has 0 radical (unpaired) electrons. The number of nitrogens with one attached hydrogen (secondary N) is 1. The highest BCUT2D eigenvalue weighted by molar-refractivity contribution is 5.95. The Balaban J connectivity index is 2.28. The summed E-state index contributed by atoms with van der Waals surface area (Å²) < 4.78 is 0. The molecule has 0 atom stereocenters. The van der Waals surface area contributed by atoms with Crippen molar-refractivity contribution in [3.8, 4) is 5.75 Å². The van der Waals surface area contributed by atoms with Crippen LogP contribution in [0.25, 0.3) is 0 Å². The Hall–Kier alpha value is -2.62. The average molecular weight is 311 g/mol.